The highest BCUT2D eigenvalue weighted by Gasteiger charge is 2.59. The Morgan fingerprint density at radius 3 is 2.69 bits per heavy atom. The second-order valence-electron chi connectivity index (χ2n) is 12.1. The molecule has 7 rings (SSSR count). The van der Waals surface area contributed by atoms with Gasteiger partial charge in [-0.1, -0.05) is 11.6 Å². The zero-order valence-corrected chi connectivity index (χ0v) is 23.7. The minimum absolute atomic E-state index is 0.0771. The summed E-state index contributed by atoms with van der Waals surface area (Å²) in [6.45, 7) is 4.54. The molecule has 0 amide bonds. The molecule has 5 heterocycles. The number of ether oxygens (including phenoxy) is 1. The first-order valence-electron chi connectivity index (χ1n) is 14.0. The minimum Gasteiger partial charge on any atom is -0.387 e. The first kappa shape index (κ1) is 27.9. The average molecular weight is 609 g/mol. The molecule has 1 saturated carbocycles. The number of alkyl halides is 3. The number of aliphatic hydroxyl groups is 2. The summed E-state index contributed by atoms with van der Waals surface area (Å²) in [5.41, 5.74) is 6.83. The van der Waals surface area contributed by atoms with Crippen LogP contribution >= 0.6 is 11.6 Å². The minimum atomic E-state index is -4.52. The van der Waals surface area contributed by atoms with Crippen LogP contribution in [0.4, 0.5) is 30.4 Å². The molecule has 226 valence electrons. The number of imidazole rings is 1. The number of fused-ring (bicyclic) bond motifs is 5. The number of halogens is 4. The number of aromatic nitrogens is 4. The van der Waals surface area contributed by atoms with Crippen LogP contribution in [0.5, 0.6) is 0 Å². The number of nitrogens with zero attached hydrogens (tertiary/aromatic N) is 6. The van der Waals surface area contributed by atoms with Gasteiger partial charge in [-0.3, -0.25) is 9.47 Å². The lowest BCUT2D eigenvalue weighted by atomic mass is 9.69. The number of rotatable bonds is 5. The van der Waals surface area contributed by atoms with E-state index in [0.29, 0.717) is 29.1 Å². The molecule has 11 nitrogen and oxygen atoms in total. The Morgan fingerprint density at radius 1 is 1.21 bits per heavy atom. The van der Waals surface area contributed by atoms with Crippen LogP contribution in [-0.2, 0) is 10.9 Å². The summed E-state index contributed by atoms with van der Waals surface area (Å²) in [6.07, 6.45) is -2.42. The summed E-state index contributed by atoms with van der Waals surface area (Å²) < 4.78 is 48.2. The maximum atomic E-state index is 13.5. The molecule has 4 aliphatic rings. The van der Waals surface area contributed by atoms with Crippen LogP contribution in [0, 0.1) is 0 Å². The van der Waals surface area contributed by atoms with Gasteiger partial charge in [0.1, 0.15) is 30.2 Å². The molecule has 2 aromatic heterocycles. The van der Waals surface area contributed by atoms with E-state index in [9.17, 15) is 23.4 Å². The molecule has 3 fully saturated rings. The standard InChI is InChI=1S/C27H32ClF3N8O3/c1-12(2)37(9-18-21(40)22(41)25(42-18)38-11-35-20-23(32)33-10-34-24(20)38)13-7-26(8-13)4-3-19-36-16-5-14(27(29,30)31)15(28)6-17(16)39(19)26/h5-6,10-13,18-19,21-22,25,36,40-41H,3-4,7-9H2,1-2H3,(H2,32,33,34)/t13?,18-,19?,21-,22-,25-,26?/m1/s1. The normalized spacial score (nSPS) is 32.2. The van der Waals surface area contributed by atoms with Gasteiger partial charge >= 0.3 is 6.18 Å². The first-order chi connectivity index (χ1) is 19.9. The van der Waals surface area contributed by atoms with E-state index in [0.717, 1.165) is 31.7 Å². The zero-order valence-electron chi connectivity index (χ0n) is 23.0. The smallest absolute Gasteiger partial charge is 0.387 e. The lowest BCUT2D eigenvalue weighted by molar-refractivity contribution is -0.137. The Balaban J connectivity index is 1.08. The highest BCUT2D eigenvalue weighted by Crippen LogP contribution is 2.57. The fourth-order valence-corrected chi connectivity index (χ4v) is 7.69. The predicted octanol–water partition coefficient (Wildman–Crippen LogP) is 3.36. The predicted molar refractivity (Wildman–Crippen MR) is 149 cm³/mol. The Morgan fingerprint density at radius 2 is 1.98 bits per heavy atom. The number of anilines is 3. The molecule has 15 heteroatoms. The van der Waals surface area contributed by atoms with Crippen molar-refractivity contribution in [1.29, 1.82) is 0 Å². The van der Waals surface area contributed by atoms with E-state index in [1.165, 1.54) is 18.7 Å². The van der Waals surface area contributed by atoms with Crippen molar-refractivity contribution >= 4 is 40.0 Å². The fraction of sp³-hybridized carbons (Fsp3) is 0.593. The van der Waals surface area contributed by atoms with Gasteiger partial charge in [-0.25, -0.2) is 15.0 Å². The summed E-state index contributed by atoms with van der Waals surface area (Å²) in [7, 11) is 0. The van der Waals surface area contributed by atoms with Gasteiger partial charge in [-0.2, -0.15) is 13.2 Å². The summed E-state index contributed by atoms with van der Waals surface area (Å²) in [6, 6.07) is 2.83. The van der Waals surface area contributed by atoms with E-state index in [1.54, 1.807) is 4.57 Å². The van der Waals surface area contributed by atoms with E-state index in [4.69, 9.17) is 22.1 Å². The van der Waals surface area contributed by atoms with E-state index in [1.807, 2.05) is 0 Å². The lowest BCUT2D eigenvalue weighted by Gasteiger charge is -2.56. The van der Waals surface area contributed by atoms with Gasteiger partial charge in [0.25, 0.3) is 0 Å². The van der Waals surface area contributed by atoms with Gasteiger partial charge in [-0.15, -0.1) is 0 Å². The molecule has 1 aromatic carbocycles. The molecular formula is C27H32ClF3N8O3. The zero-order chi connectivity index (χ0) is 29.7. The molecule has 1 spiro atoms. The lowest BCUT2D eigenvalue weighted by Crippen LogP contribution is -2.64. The van der Waals surface area contributed by atoms with Crippen molar-refractivity contribution in [2.75, 3.05) is 22.5 Å². The van der Waals surface area contributed by atoms with Gasteiger partial charge in [0.2, 0.25) is 0 Å². The van der Waals surface area contributed by atoms with E-state index < -0.39 is 36.3 Å². The number of nitrogens with one attached hydrogen (secondary N) is 1. The fourth-order valence-electron chi connectivity index (χ4n) is 7.43. The first-order valence-corrected chi connectivity index (χ1v) is 14.4. The third kappa shape index (κ3) is 4.13. The average Bonchev–Trinajstić information content (AvgIpc) is 3.64. The number of nitrogens with two attached hydrogens (primary N) is 1. The monoisotopic (exact) mass is 608 g/mol. The van der Waals surface area contributed by atoms with Crippen molar-refractivity contribution in [2.45, 2.75) is 94.0 Å². The number of benzene rings is 1. The van der Waals surface area contributed by atoms with Crippen LogP contribution in [-0.4, -0.2) is 83.3 Å². The van der Waals surface area contributed by atoms with Crippen LogP contribution in [0.25, 0.3) is 11.2 Å². The second kappa shape index (κ2) is 9.55. The quantitative estimate of drug-likeness (QED) is 0.341. The van der Waals surface area contributed by atoms with Gasteiger partial charge in [-0.05, 0) is 51.7 Å². The molecule has 1 unspecified atom stereocenters. The molecule has 2 saturated heterocycles. The summed E-state index contributed by atoms with van der Waals surface area (Å²) in [5, 5.41) is 24.9. The van der Waals surface area contributed by atoms with Gasteiger partial charge < -0.3 is 30.9 Å². The van der Waals surface area contributed by atoms with Crippen molar-refractivity contribution in [1.82, 2.24) is 24.4 Å². The topological polar surface area (TPSA) is 138 Å². The number of nitrogen functional groups attached to an aromatic ring is 1. The summed E-state index contributed by atoms with van der Waals surface area (Å²) in [5.74, 6) is 0.210. The maximum Gasteiger partial charge on any atom is 0.417 e. The van der Waals surface area contributed by atoms with E-state index in [2.05, 4.69) is 43.9 Å². The highest BCUT2D eigenvalue weighted by molar-refractivity contribution is 6.32. The van der Waals surface area contributed by atoms with Crippen molar-refractivity contribution in [3.05, 3.63) is 35.4 Å². The van der Waals surface area contributed by atoms with Gasteiger partial charge in [0, 0.05) is 24.2 Å². The van der Waals surface area contributed by atoms with Crippen LogP contribution in [0.2, 0.25) is 5.02 Å². The summed E-state index contributed by atoms with van der Waals surface area (Å²) in [4.78, 5) is 16.9. The van der Waals surface area contributed by atoms with Crippen LogP contribution in [0.1, 0.15) is 51.3 Å². The van der Waals surface area contributed by atoms with Crippen LogP contribution in [0.3, 0.4) is 0 Å². The van der Waals surface area contributed by atoms with Crippen LogP contribution < -0.4 is 16.0 Å². The van der Waals surface area contributed by atoms with E-state index in [-0.39, 0.29) is 34.6 Å². The highest BCUT2D eigenvalue weighted by atomic mass is 35.5. The number of hydrogen-bond donors (Lipinski definition) is 4. The van der Waals surface area contributed by atoms with Crippen molar-refractivity contribution in [3.63, 3.8) is 0 Å². The number of hydrogen-bond acceptors (Lipinski definition) is 10. The molecule has 5 N–H and O–H groups in total. The molecule has 3 aromatic rings. The van der Waals surface area contributed by atoms with Crippen molar-refractivity contribution < 1.29 is 28.1 Å². The molecule has 0 radical (unpaired) electrons. The SMILES string of the molecule is CC(C)N(C[C@H]1O[C@@H](n2cnc3c(N)ncnc32)[C@H](O)[C@@H]1O)C1CC2(CCC3Nc4cc(C(F)(F)F)c(Cl)cc4N32)C1. The Hall–Kier alpha value is -2.91. The van der Waals surface area contributed by atoms with Gasteiger partial charge in [0.05, 0.1) is 34.5 Å². The molecule has 1 aliphatic carbocycles. The Kier molecular flexibility index (Phi) is 6.34. The third-order valence-electron chi connectivity index (χ3n) is 9.43. The molecule has 0 bridgehead atoms. The maximum absolute atomic E-state index is 13.5. The van der Waals surface area contributed by atoms with Crippen LogP contribution in [0.15, 0.2) is 24.8 Å². The molecule has 3 aliphatic heterocycles. The molecular weight excluding hydrogens is 577 g/mol. The Bertz CT molecular complexity index is 1530. The number of aliphatic hydroxyl groups excluding tert-OH is 2. The van der Waals surface area contributed by atoms with Gasteiger partial charge in [0.15, 0.2) is 17.7 Å². The van der Waals surface area contributed by atoms with E-state index >= 15 is 0 Å². The summed E-state index contributed by atoms with van der Waals surface area (Å²) >= 11 is 6.11. The van der Waals surface area contributed by atoms with Crippen molar-refractivity contribution in [2.24, 2.45) is 0 Å². The largest absolute Gasteiger partial charge is 0.417 e. The second-order valence-corrected chi connectivity index (χ2v) is 12.5. The van der Waals surface area contributed by atoms with Crippen molar-refractivity contribution in [3.8, 4) is 0 Å². The molecule has 5 atom stereocenters. The molecule has 42 heavy (non-hydrogen) atoms. The Labute approximate surface area is 244 Å². The third-order valence-corrected chi connectivity index (χ3v) is 9.74.